The second-order valence-electron chi connectivity index (χ2n) is 4.81. The molecule has 1 heterocycles. The van der Waals surface area contributed by atoms with Gasteiger partial charge in [-0.15, -0.1) is 0 Å². The van der Waals surface area contributed by atoms with Gasteiger partial charge in [0, 0.05) is 5.71 Å². The number of benzene rings is 1. The largest absolute Gasteiger partial charge is 0.330 e. The number of hydrazone groups is 1. The van der Waals surface area contributed by atoms with E-state index in [0.717, 1.165) is 22.5 Å². The van der Waals surface area contributed by atoms with Crippen molar-refractivity contribution in [1.29, 1.82) is 0 Å². The highest BCUT2D eigenvalue weighted by Crippen LogP contribution is 2.28. The Bertz CT molecular complexity index is 508. The number of nitrogens with zero attached hydrogens (tertiary/aromatic N) is 2. The van der Waals surface area contributed by atoms with Gasteiger partial charge < -0.3 is 5.73 Å². The predicted octanol–water partition coefficient (Wildman–Crippen LogP) is 1.99. The van der Waals surface area contributed by atoms with Crippen LogP contribution in [-0.4, -0.2) is 18.2 Å². The Kier molecular flexibility index (Phi) is 3.48. The van der Waals surface area contributed by atoms with Gasteiger partial charge in [0.2, 0.25) is 0 Å². The van der Waals surface area contributed by atoms with E-state index in [4.69, 9.17) is 5.73 Å². The van der Waals surface area contributed by atoms with Crippen LogP contribution in [0.5, 0.6) is 0 Å². The number of carbonyl (C=O) groups excluding carboxylic acids is 1. The normalized spacial score (nSPS) is 19.3. The van der Waals surface area contributed by atoms with E-state index in [0.29, 0.717) is 13.0 Å². The minimum absolute atomic E-state index is 0.0339. The summed E-state index contributed by atoms with van der Waals surface area (Å²) in [6.07, 6.45) is 0.662. The Morgan fingerprint density at radius 1 is 1.33 bits per heavy atom. The molecule has 18 heavy (non-hydrogen) atoms. The summed E-state index contributed by atoms with van der Waals surface area (Å²) in [5, 5.41) is 5.91. The SMILES string of the molecule is CC1=NN(c2cc(C)ccc2C)C(=O)C1CCN. The average Bonchev–Trinajstić information content (AvgIpc) is 2.61. The van der Waals surface area contributed by atoms with Crippen molar-refractivity contribution in [1.82, 2.24) is 0 Å². The standard InChI is InChI=1S/C14H19N3O/c1-9-4-5-10(2)13(8-9)17-14(18)12(6-7-15)11(3)16-17/h4-5,8,12H,6-7,15H2,1-3H3. The summed E-state index contributed by atoms with van der Waals surface area (Å²) in [5.41, 5.74) is 9.45. The third kappa shape index (κ3) is 2.16. The molecule has 1 aliphatic heterocycles. The van der Waals surface area contributed by atoms with Gasteiger partial charge in [0.15, 0.2) is 0 Å². The lowest BCUT2D eigenvalue weighted by Crippen LogP contribution is -2.29. The number of amides is 1. The van der Waals surface area contributed by atoms with Crippen molar-refractivity contribution in [2.24, 2.45) is 16.8 Å². The topological polar surface area (TPSA) is 58.7 Å². The van der Waals surface area contributed by atoms with Crippen molar-refractivity contribution in [3.8, 4) is 0 Å². The maximum atomic E-state index is 12.3. The summed E-state index contributed by atoms with van der Waals surface area (Å²) in [7, 11) is 0. The van der Waals surface area contributed by atoms with E-state index in [1.54, 1.807) is 0 Å². The quantitative estimate of drug-likeness (QED) is 0.885. The van der Waals surface area contributed by atoms with Crippen LogP contribution in [-0.2, 0) is 4.79 Å². The summed E-state index contributed by atoms with van der Waals surface area (Å²) < 4.78 is 0. The molecule has 0 spiro atoms. The smallest absolute Gasteiger partial charge is 0.256 e. The number of anilines is 1. The van der Waals surface area contributed by atoms with Crippen LogP contribution in [0.15, 0.2) is 23.3 Å². The van der Waals surface area contributed by atoms with Crippen LogP contribution < -0.4 is 10.7 Å². The van der Waals surface area contributed by atoms with E-state index in [9.17, 15) is 4.79 Å². The monoisotopic (exact) mass is 245 g/mol. The van der Waals surface area contributed by atoms with Crippen LogP contribution in [0, 0.1) is 19.8 Å². The maximum Gasteiger partial charge on any atom is 0.256 e. The summed E-state index contributed by atoms with van der Waals surface area (Å²) in [4.78, 5) is 12.3. The first-order chi connectivity index (χ1) is 8.54. The third-order valence-electron chi connectivity index (χ3n) is 3.32. The van der Waals surface area contributed by atoms with E-state index >= 15 is 0 Å². The molecule has 1 amide bonds. The number of nitrogens with two attached hydrogens (primary N) is 1. The molecule has 1 unspecified atom stereocenters. The highest BCUT2D eigenvalue weighted by atomic mass is 16.2. The van der Waals surface area contributed by atoms with Crippen LogP contribution >= 0.6 is 0 Å². The molecular weight excluding hydrogens is 226 g/mol. The van der Waals surface area contributed by atoms with E-state index in [2.05, 4.69) is 5.10 Å². The number of hydrogen-bond donors (Lipinski definition) is 1. The van der Waals surface area contributed by atoms with Gasteiger partial charge in [0.05, 0.1) is 11.6 Å². The Balaban J connectivity index is 2.36. The molecular formula is C14H19N3O. The van der Waals surface area contributed by atoms with Gasteiger partial charge in [-0.1, -0.05) is 12.1 Å². The highest BCUT2D eigenvalue weighted by molar-refractivity contribution is 6.15. The van der Waals surface area contributed by atoms with Crippen molar-refractivity contribution >= 4 is 17.3 Å². The Morgan fingerprint density at radius 2 is 2.06 bits per heavy atom. The van der Waals surface area contributed by atoms with E-state index in [1.807, 2.05) is 39.0 Å². The minimum atomic E-state index is -0.157. The maximum absolute atomic E-state index is 12.3. The summed E-state index contributed by atoms with van der Waals surface area (Å²) in [5.74, 6) is -0.124. The van der Waals surface area contributed by atoms with Crippen molar-refractivity contribution < 1.29 is 4.79 Å². The van der Waals surface area contributed by atoms with Gasteiger partial charge in [-0.05, 0) is 50.9 Å². The molecule has 0 saturated carbocycles. The van der Waals surface area contributed by atoms with E-state index in [-0.39, 0.29) is 11.8 Å². The number of carbonyl (C=O) groups is 1. The van der Waals surface area contributed by atoms with Gasteiger partial charge >= 0.3 is 0 Å². The lowest BCUT2D eigenvalue weighted by Gasteiger charge is -2.17. The second-order valence-corrected chi connectivity index (χ2v) is 4.81. The molecule has 0 radical (unpaired) electrons. The first kappa shape index (κ1) is 12.8. The molecule has 1 atom stereocenters. The first-order valence-corrected chi connectivity index (χ1v) is 6.21. The second kappa shape index (κ2) is 4.90. The lowest BCUT2D eigenvalue weighted by molar-refractivity contribution is -0.119. The first-order valence-electron chi connectivity index (χ1n) is 6.21. The van der Waals surface area contributed by atoms with Crippen LogP contribution in [0.25, 0.3) is 0 Å². The van der Waals surface area contributed by atoms with Gasteiger partial charge in [-0.2, -0.15) is 10.1 Å². The van der Waals surface area contributed by atoms with Gasteiger partial charge in [0.1, 0.15) is 0 Å². The van der Waals surface area contributed by atoms with Crippen LogP contribution in [0.2, 0.25) is 0 Å². The van der Waals surface area contributed by atoms with Crippen LogP contribution in [0.1, 0.15) is 24.5 Å². The summed E-state index contributed by atoms with van der Waals surface area (Å²) >= 11 is 0. The fourth-order valence-electron chi connectivity index (χ4n) is 2.22. The third-order valence-corrected chi connectivity index (χ3v) is 3.32. The van der Waals surface area contributed by atoms with Crippen LogP contribution in [0.3, 0.4) is 0 Å². The molecule has 4 heteroatoms. The van der Waals surface area contributed by atoms with Gasteiger partial charge in [0.25, 0.3) is 5.91 Å². The zero-order valence-electron chi connectivity index (χ0n) is 11.1. The number of hydrogen-bond acceptors (Lipinski definition) is 3. The zero-order valence-corrected chi connectivity index (χ0v) is 11.1. The van der Waals surface area contributed by atoms with E-state index < -0.39 is 0 Å². The molecule has 4 nitrogen and oxygen atoms in total. The number of aryl methyl sites for hydroxylation is 2. The average molecular weight is 245 g/mol. The Morgan fingerprint density at radius 3 is 2.72 bits per heavy atom. The number of rotatable bonds is 3. The molecule has 0 aromatic heterocycles. The zero-order chi connectivity index (χ0) is 13.3. The van der Waals surface area contributed by atoms with E-state index in [1.165, 1.54) is 5.01 Å². The van der Waals surface area contributed by atoms with Crippen molar-refractivity contribution in [2.75, 3.05) is 11.6 Å². The summed E-state index contributed by atoms with van der Waals surface area (Å²) in [6.45, 7) is 6.40. The Labute approximate surface area is 107 Å². The molecule has 2 N–H and O–H groups in total. The van der Waals surface area contributed by atoms with Crippen molar-refractivity contribution in [3.63, 3.8) is 0 Å². The molecule has 96 valence electrons. The van der Waals surface area contributed by atoms with Crippen molar-refractivity contribution in [2.45, 2.75) is 27.2 Å². The Hall–Kier alpha value is -1.68. The van der Waals surface area contributed by atoms with Gasteiger partial charge in [-0.25, -0.2) is 0 Å². The fraction of sp³-hybridized carbons (Fsp3) is 0.429. The minimum Gasteiger partial charge on any atom is -0.330 e. The van der Waals surface area contributed by atoms with Gasteiger partial charge in [-0.3, -0.25) is 4.79 Å². The highest BCUT2D eigenvalue weighted by Gasteiger charge is 2.34. The molecule has 0 aliphatic carbocycles. The molecule has 0 saturated heterocycles. The molecule has 0 fully saturated rings. The molecule has 1 aromatic rings. The predicted molar refractivity (Wildman–Crippen MR) is 73.7 cm³/mol. The summed E-state index contributed by atoms with van der Waals surface area (Å²) in [6, 6.07) is 6.04. The van der Waals surface area contributed by atoms with Crippen LogP contribution in [0.4, 0.5) is 5.69 Å². The lowest BCUT2D eigenvalue weighted by atomic mass is 10.0. The molecule has 0 bridgehead atoms. The molecule has 1 aromatic carbocycles. The fourth-order valence-corrected chi connectivity index (χ4v) is 2.22. The molecule has 2 rings (SSSR count). The molecule has 1 aliphatic rings. The van der Waals surface area contributed by atoms with Crippen molar-refractivity contribution in [3.05, 3.63) is 29.3 Å².